The highest BCUT2D eigenvalue weighted by molar-refractivity contribution is 9.10. The number of hydrogen-bond donors (Lipinski definition) is 1. The van der Waals surface area contributed by atoms with Gasteiger partial charge in [0.05, 0.1) is 12.2 Å². The first-order valence-corrected chi connectivity index (χ1v) is 8.53. The number of nitrogens with zero attached hydrogens (tertiary/aromatic N) is 2. The molecule has 2 rings (SSSR count). The molecule has 0 saturated heterocycles. The highest BCUT2D eigenvalue weighted by Crippen LogP contribution is 2.30. The summed E-state index contributed by atoms with van der Waals surface area (Å²) in [6.45, 7) is 6.19. The van der Waals surface area contributed by atoms with Crippen LogP contribution < -0.4 is 5.32 Å². The Morgan fingerprint density at radius 2 is 2.14 bits per heavy atom. The lowest BCUT2D eigenvalue weighted by Crippen LogP contribution is -2.23. The normalized spacial score (nSPS) is 12.6. The average molecular weight is 371 g/mol. The second kappa shape index (κ2) is 7.97. The second-order valence-corrected chi connectivity index (χ2v) is 6.41. The van der Waals surface area contributed by atoms with Crippen LogP contribution in [-0.4, -0.2) is 16.3 Å². The van der Waals surface area contributed by atoms with Crippen molar-refractivity contribution in [1.82, 2.24) is 15.1 Å². The van der Waals surface area contributed by atoms with E-state index >= 15 is 0 Å². The molecule has 1 N–H and O–H groups in total. The Morgan fingerprint density at radius 3 is 2.86 bits per heavy atom. The Morgan fingerprint density at radius 1 is 1.33 bits per heavy atom. The first-order chi connectivity index (χ1) is 10.2. The molecule has 3 nitrogen and oxygen atoms in total. The average Bonchev–Trinajstić information content (AvgIpc) is 2.92. The molecule has 114 valence electrons. The quantitative estimate of drug-likeness (QED) is 0.759. The summed E-state index contributed by atoms with van der Waals surface area (Å²) in [5.41, 5.74) is 2.23. The molecule has 1 unspecified atom stereocenters. The van der Waals surface area contributed by atoms with Crippen LogP contribution in [0.4, 0.5) is 0 Å². The van der Waals surface area contributed by atoms with Crippen molar-refractivity contribution in [3.8, 4) is 0 Å². The van der Waals surface area contributed by atoms with E-state index in [0.717, 1.165) is 46.6 Å². The molecule has 1 heterocycles. The number of rotatable bonds is 7. The topological polar surface area (TPSA) is 29.9 Å². The predicted molar refractivity (Wildman–Crippen MR) is 91.8 cm³/mol. The van der Waals surface area contributed by atoms with Gasteiger partial charge in [0.1, 0.15) is 0 Å². The molecular weight excluding hydrogens is 350 g/mol. The lowest BCUT2D eigenvalue weighted by molar-refractivity contribution is 0.588. The fourth-order valence-corrected chi connectivity index (χ4v) is 2.92. The molecule has 0 bridgehead atoms. The third kappa shape index (κ3) is 4.31. The van der Waals surface area contributed by atoms with E-state index in [0.29, 0.717) is 0 Å². The van der Waals surface area contributed by atoms with Crippen molar-refractivity contribution in [2.45, 2.75) is 39.3 Å². The molecule has 1 atom stereocenters. The van der Waals surface area contributed by atoms with E-state index < -0.39 is 0 Å². The summed E-state index contributed by atoms with van der Waals surface area (Å²) in [7, 11) is 0. The maximum atomic E-state index is 6.40. The monoisotopic (exact) mass is 369 g/mol. The summed E-state index contributed by atoms with van der Waals surface area (Å²) in [5.74, 6) is 0. The predicted octanol–water partition coefficient (Wildman–Crippen LogP) is 4.80. The zero-order chi connectivity index (χ0) is 15.2. The second-order valence-electron chi connectivity index (χ2n) is 5.09. The van der Waals surface area contributed by atoms with Gasteiger partial charge < -0.3 is 5.32 Å². The zero-order valence-electron chi connectivity index (χ0n) is 12.4. The van der Waals surface area contributed by atoms with Gasteiger partial charge in [-0.05, 0) is 43.1 Å². The Hall–Kier alpha value is -0.840. The SMILES string of the molecule is CCCNC(c1cnn(CCC)c1)c1cc(Br)ccc1Cl. The van der Waals surface area contributed by atoms with E-state index in [2.05, 4.69) is 52.5 Å². The van der Waals surface area contributed by atoms with Gasteiger partial charge in [0.25, 0.3) is 0 Å². The molecule has 1 aromatic carbocycles. The number of benzene rings is 1. The van der Waals surface area contributed by atoms with Crippen molar-refractivity contribution >= 4 is 27.5 Å². The molecule has 2 aromatic rings. The molecule has 0 amide bonds. The first kappa shape index (κ1) is 16.5. The van der Waals surface area contributed by atoms with Crippen LogP contribution in [0.5, 0.6) is 0 Å². The molecule has 0 aliphatic carbocycles. The smallest absolute Gasteiger partial charge is 0.0623 e. The standard InChI is InChI=1S/C16H21BrClN3/c1-3-7-19-16(12-10-20-21(11-12)8-4-2)14-9-13(17)5-6-15(14)18/h5-6,9-11,16,19H,3-4,7-8H2,1-2H3. The fourth-order valence-electron chi connectivity index (χ4n) is 2.31. The Kier molecular flexibility index (Phi) is 6.27. The molecule has 21 heavy (non-hydrogen) atoms. The van der Waals surface area contributed by atoms with Gasteiger partial charge in [-0.25, -0.2) is 0 Å². The molecule has 0 aliphatic heterocycles. The van der Waals surface area contributed by atoms with Crippen LogP contribution in [0, 0.1) is 0 Å². The summed E-state index contributed by atoms with van der Waals surface area (Å²) in [4.78, 5) is 0. The maximum Gasteiger partial charge on any atom is 0.0623 e. The van der Waals surface area contributed by atoms with Crippen molar-refractivity contribution in [3.63, 3.8) is 0 Å². The molecule has 0 radical (unpaired) electrons. The summed E-state index contributed by atoms with van der Waals surface area (Å²) >= 11 is 9.93. The summed E-state index contributed by atoms with van der Waals surface area (Å²) in [5, 5.41) is 8.77. The zero-order valence-corrected chi connectivity index (χ0v) is 14.8. The molecule has 0 fully saturated rings. The number of nitrogens with one attached hydrogen (secondary N) is 1. The maximum absolute atomic E-state index is 6.40. The summed E-state index contributed by atoms with van der Waals surface area (Å²) in [6, 6.07) is 6.04. The molecule has 5 heteroatoms. The van der Waals surface area contributed by atoms with Crippen molar-refractivity contribution in [2.24, 2.45) is 0 Å². The lowest BCUT2D eigenvalue weighted by Gasteiger charge is -2.19. The number of aryl methyl sites for hydroxylation is 1. The Balaban J connectivity index is 2.34. The summed E-state index contributed by atoms with van der Waals surface area (Å²) in [6.07, 6.45) is 6.19. The minimum absolute atomic E-state index is 0.0700. The van der Waals surface area contributed by atoms with E-state index in [-0.39, 0.29) is 6.04 Å². The molecular formula is C16H21BrClN3. The van der Waals surface area contributed by atoms with Gasteiger partial charge in [-0.1, -0.05) is 41.4 Å². The summed E-state index contributed by atoms with van der Waals surface area (Å²) < 4.78 is 3.02. The van der Waals surface area contributed by atoms with Crippen LogP contribution in [-0.2, 0) is 6.54 Å². The van der Waals surface area contributed by atoms with Crippen molar-refractivity contribution in [1.29, 1.82) is 0 Å². The van der Waals surface area contributed by atoms with E-state index in [1.165, 1.54) is 0 Å². The van der Waals surface area contributed by atoms with Gasteiger partial charge in [0.2, 0.25) is 0 Å². The number of halogens is 2. The first-order valence-electron chi connectivity index (χ1n) is 7.36. The molecule has 0 aliphatic rings. The van der Waals surface area contributed by atoms with Crippen molar-refractivity contribution < 1.29 is 0 Å². The van der Waals surface area contributed by atoms with Crippen LogP contribution in [0.15, 0.2) is 35.1 Å². The van der Waals surface area contributed by atoms with Crippen molar-refractivity contribution in [3.05, 3.63) is 51.2 Å². The van der Waals surface area contributed by atoms with Crippen LogP contribution in [0.1, 0.15) is 43.9 Å². The molecule has 1 aromatic heterocycles. The Labute approximate surface area is 139 Å². The highest BCUT2D eigenvalue weighted by Gasteiger charge is 2.18. The molecule has 0 spiro atoms. The van der Waals surface area contributed by atoms with Gasteiger partial charge in [0, 0.05) is 27.8 Å². The highest BCUT2D eigenvalue weighted by atomic mass is 79.9. The van der Waals surface area contributed by atoms with Gasteiger partial charge in [-0.15, -0.1) is 0 Å². The Bertz CT molecular complexity index is 583. The van der Waals surface area contributed by atoms with Crippen LogP contribution >= 0.6 is 27.5 Å². The third-order valence-corrected chi connectivity index (χ3v) is 4.14. The van der Waals surface area contributed by atoms with Gasteiger partial charge in [-0.2, -0.15) is 5.10 Å². The van der Waals surface area contributed by atoms with E-state index in [9.17, 15) is 0 Å². The minimum atomic E-state index is 0.0700. The van der Waals surface area contributed by atoms with Crippen molar-refractivity contribution in [2.75, 3.05) is 6.54 Å². The fraction of sp³-hybridized carbons (Fsp3) is 0.438. The van der Waals surface area contributed by atoms with Gasteiger partial charge >= 0.3 is 0 Å². The van der Waals surface area contributed by atoms with E-state index in [4.69, 9.17) is 11.6 Å². The third-order valence-electron chi connectivity index (χ3n) is 3.31. The molecule has 0 saturated carbocycles. The van der Waals surface area contributed by atoms with Gasteiger partial charge in [0.15, 0.2) is 0 Å². The van der Waals surface area contributed by atoms with Crippen LogP contribution in [0.3, 0.4) is 0 Å². The lowest BCUT2D eigenvalue weighted by atomic mass is 10.0. The minimum Gasteiger partial charge on any atom is -0.306 e. The van der Waals surface area contributed by atoms with Crippen LogP contribution in [0.2, 0.25) is 5.02 Å². The van der Waals surface area contributed by atoms with Gasteiger partial charge in [-0.3, -0.25) is 4.68 Å². The number of hydrogen-bond acceptors (Lipinski definition) is 2. The number of aromatic nitrogens is 2. The van der Waals surface area contributed by atoms with E-state index in [1.807, 2.05) is 23.0 Å². The van der Waals surface area contributed by atoms with E-state index in [1.54, 1.807) is 0 Å². The largest absolute Gasteiger partial charge is 0.306 e. The van der Waals surface area contributed by atoms with Crippen LogP contribution in [0.25, 0.3) is 0 Å².